The van der Waals surface area contributed by atoms with Gasteiger partial charge in [0.1, 0.15) is 0 Å². The van der Waals surface area contributed by atoms with Crippen LogP contribution in [-0.4, -0.2) is 34.2 Å². The quantitative estimate of drug-likeness (QED) is 0.571. The van der Waals surface area contributed by atoms with Crippen LogP contribution in [-0.2, 0) is 9.59 Å². The maximum atomic E-state index is 11.0. The Labute approximate surface area is 87.8 Å². The van der Waals surface area contributed by atoms with E-state index in [1.165, 1.54) is 0 Å². The van der Waals surface area contributed by atoms with Crippen LogP contribution in [0.3, 0.4) is 0 Å². The zero-order valence-corrected chi connectivity index (χ0v) is 8.35. The summed E-state index contributed by atoms with van der Waals surface area (Å²) in [6, 6.07) is -0.355. The highest BCUT2D eigenvalue weighted by Gasteiger charge is 2.33. The summed E-state index contributed by atoms with van der Waals surface area (Å²) in [5.41, 5.74) is 0. The van der Waals surface area contributed by atoms with Gasteiger partial charge in [0.2, 0.25) is 5.91 Å². The topological polar surface area (TPSA) is 86.6 Å². The summed E-state index contributed by atoms with van der Waals surface area (Å²) in [6.45, 7) is 3.31. The van der Waals surface area contributed by atoms with Gasteiger partial charge in [-0.1, -0.05) is 6.58 Å². The number of aliphatic hydroxyl groups is 1. The molecule has 1 fully saturated rings. The van der Waals surface area contributed by atoms with Crippen molar-refractivity contribution in [3.8, 4) is 0 Å². The fourth-order valence-electron chi connectivity index (χ4n) is 1.78. The second kappa shape index (κ2) is 4.93. The molecule has 1 aliphatic rings. The van der Waals surface area contributed by atoms with Crippen LogP contribution in [0.2, 0.25) is 0 Å². The van der Waals surface area contributed by atoms with Crippen LogP contribution >= 0.6 is 0 Å². The number of aliphatic hydroxyl groups excluding tert-OH is 1. The number of rotatable bonds is 3. The van der Waals surface area contributed by atoms with Gasteiger partial charge in [-0.15, -0.1) is 0 Å². The van der Waals surface area contributed by atoms with Gasteiger partial charge in [0.25, 0.3) is 0 Å². The molecule has 0 aromatic carbocycles. The van der Waals surface area contributed by atoms with E-state index in [-0.39, 0.29) is 18.4 Å². The van der Waals surface area contributed by atoms with E-state index in [0.717, 1.165) is 6.08 Å². The van der Waals surface area contributed by atoms with Crippen molar-refractivity contribution < 1.29 is 19.8 Å². The highest BCUT2D eigenvalue weighted by molar-refractivity contribution is 5.87. The van der Waals surface area contributed by atoms with Gasteiger partial charge in [-0.3, -0.25) is 9.59 Å². The van der Waals surface area contributed by atoms with Gasteiger partial charge in [0, 0.05) is 0 Å². The van der Waals surface area contributed by atoms with Gasteiger partial charge in [0.05, 0.1) is 18.1 Å². The van der Waals surface area contributed by atoms with Crippen LogP contribution in [0, 0.1) is 5.92 Å². The Kier molecular flexibility index (Phi) is 3.85. The van der Waals surface area contributed by atoms with Crippen molar-refractivity contribution in [2.24, 2.45) is 5.92 Å². The molecular weight excluding hydrogens is 198 g/mol. The number of carbonyl (C=O) groups is 2. The SMILES string of the molecule is C=CC(=O)NC1CCC(C(=O)O)CC1O. The van der Waals surface area contributed by atoms with Gasteiger partial charge in [-0.05, 0) is 25.3 Å². The van der Waals surface area contributed by atoms with Gasteiger partial charge in [-0.25, -0.2) is 0 Å². The smallest absolute Gasteiger partial charge is 0.306 e. The lowest BCUT2D eigenvalue weighted by atomic mass is 9.84. The Morgan fingerprint density at radius 2 is 2.07 bits per heavy atom. The van der Waals surface area contributed by atoms with Gasteiger partial charge >= 0.3 is 5.97 Å². The zero-order valence-electron chi connectivity index (χ0n) is 8.35. The molecule has 3 unspecified atom stereocenters. The number of hydrogen-bond donors (Lipinski definition) is 3. The Morgan fingerprint density at radius 3 is 2.53 bits per heavy atom. The maximum Gasteiger partial charge on any atom is 0.306 e. The summed E-state index contributed by atoms with van der Waals surface area (Å²) in [5.74, 6) is -1.73. The standard InChI is InChI=1S/C10H15NO4/c1-2-9(13)11-7-4-3-6(10(14)15)5-8(7)12/h2,6-8,12H,1,3-5H2,(H,11,13)(H,14,15). The summed E-state index contributed by atoms with van der Waals surface area (Å²) >= 11 is 0. The second-order valence-corrected chi connectivity index (χ2v) is 3.73. The molecule has 0 heterocycles. The fraction of sp³-hybridized carbons (Fsp3) is 0.600. The minimum absolute atomic E-state index is 0.192. The largest absolute Gasteiger partial charge is 0.481 e. The Bertz CT molecular complexity index is 277. The molecule has 0 spiro atoms. The van der Waals surface area contributed by atoms with Crippen LogP contribution in [0.15, 0.2) is 12.7 Å². The molecule has 0 aromatic heterocycles. The van der Waals surface area contributed by atoms with Crippen LogP contribution in [0.25, 0.3) is 0 Å². The minimum atomic E-state index is -0.887. The van der Waals surface area contributed by atoms with Gasteiger partial charge in [-0.2, -0.15) is 0 Å². The molecule has 84 valence electrons. The van der Waals surface area contributed by atoms with Gasteiger partial charge in [0.15, 0.2) is 0 Å². The number of aliphatic carboxylic acids is 1. The van der Waals surface area contributed by atoms with E-state index in [0.29, 0.717) is 12.8 Å². The number of carbonyl (C=O) groups excluding carboxylic acids is 1. The van der Waals surface area contributed by atoms with E-state index in [1.54, 1.807) is 0 Å². The highest BCUT2D eigenvalue weighted by Crippen LogP contribution is 2.24. The molecule has 3 atom stereocenters. The number of hydrogen-bond acceptors (Lipinski definition) is 3. The number of nitrogens with one attached hydrogen (secondary N) is 1. The zero-order chi connectivity index (χ0) is 11.4. The molecule has 0 radical (unpaired) electrons. The first-order valence-electron chi connectivity index (χ1n) is 4.88. The molecule has 5 heteroatoms. The van der Waals surface area contributed by atoms with E-state index in [4.69, 9.17) is 5.11 Å². The Balaban J connectivity index is 2.49. The third-order valence-corrected chi connectivity index (χ3v) is 2.68. The van der Waals surface area contributed by atoms with Crippen LogP contribution in [0.4, 0.5) is 0 Å². The Hall–Kier alpha value is -1.36. The normalized spacial score (nSPS) is 30.6. The molecule has 5 nitrogen and oxygen atoms in total. The number of amides is 1. The molecule has 0 bridgehead atoms. The maximum absolute atomic E-state index is 11.0. The van der Waals surface area contributed by atoms with Crippen LogP contribution < -0.4 is 5.32 Å². The summed E-state index contributed by atoms with van der Waals surface area (Å²) in [6.07, 6.45) is 1.50. The molecule has 1 rings (SSSR count). The predicted molar refractivity (Wildman–Crippen MR) is 53.1 cm³/mol. The van der Waals surface area contributed by atoms with Crippen molar-refractivity contribution >= 4 is 11.9 Å². The third-order valence-electron chi connectivity index (χ3n) is 2.68. The van der Waals surface area contributed by atoms with Crippen molar-refractivity contribution in [1.29, 1.82) is 0 Å². The molecule has 0 aliphatic heterocycles. The molecule has 1 amide bonds. The molecule has 15 heavy (non-hydrogen) atoms. The first kappa shape index (κ1) is 11.7. The second-order valence-electron chi connectivity index (χ2n) is 3.73. The molecular formula is C10H15NO4. The first-order chi connectivity index (χ1) is 7.04. The molecule has 1 saturated carbocycles. The van der Waals surface area contributed by atoms with E-state index >= 15 is 0 Å². The Morgan fingerprint density at radius 1 is 1.40 bits per heavy atom. The van der Waals surface area contributed by atoms with Crippen LogP contribution in [0.1, 0.15) is 19.3 Å². The molecule has 3 N–H and O–H groups in total. The van der Waals surface area contributed by atoms with Crippen molar-refractivity contribution in [3.63, 3.8) is 0 Å². The van der Waals surface area contributed by atoms with Crippen molar-refractivity contribution in [1.82, 2.24) is 5.32 Å². The van der Waals surface area contributed by atoms with Crippen molar-refractivity contribution in [2.75, 3.05) is 0 Å². The predicted octanol–water partition coefficient (Wildman–Crippen LogP) is -0.0972. The monoisotopic (exact) mass is 213 g/mol. The lowest BCUT2D eigenvalue weighted by molar-refractivity contribution is -0.144. The molecule has 0 saturated heterocycles. The summed E-state index contributed by atoms with van der Waals surface area (Å²) in [7, 11) is 0. The lowest BCUT2D eigenvalue weighted by Gasteiger charge is -2.31. The minimum Gasteiger partial charge on any atom is -0.481 e. The average Bonchev–Trinajstić information content (AvgIpc) is 2.20. The summed E-state index contributed by atoms with van der Waals surface area (Å²) in [4.78, 5) is 21.7. The molecule has 0 aromatic rings. The van der Waals surface area contributed by atoms with Crippen molar-refractivity contribution in [3.05, 3.63) is 12.7 Å². The first-order valence-corrected chi connectivity index (χ1v) is 4.88. The number of carboxylic acid groups (broad SMARTS) is 1. The van der Waals surface area contributed by atoms with E-state index in [2.05, 4.69) is 11.9 Å². The highest BCUT2D eigenvalue weighted by atomic mass is 16.4. The molecule has 1 aliphatic carbocycles. The number of carboxylic acids is 1. The summed E-state index contributed by atoms with van der Waals surface area (Å²) in [5, 5.41) is 21.0. The van der Waals surface area contributed by atoms with E-state index in [9.17, 15) is 14.7 Å². The van der Waals surface area contributed by atoms with Gasteiger partial charge < -0.3 is 15.5 Å². The average molecular weight is 213 g/mol. The van der Waals surface area contributed by atoms with Crippen molar-refractivity contribution in [2.45, 2.75) is 31.4 Å². The fourth-order valence-corrected chi connectivity index (χ4v) is 1.78. The third kappa shape index (κ3) is 3.06. The lowest BCUT2D eigenvalue weighted by Crippen LogP contribution is -2.47. The van der Waals surface area contributed by atoms with Crippen LogP contribution in [0.5, 0.6) is 0 Å². The summed E-state index contributed by atoms with van der Waals surface area (Å²) < 4.78 is 0. The van der Waals surface area contributed by atoms with E-state index in [1.807, 2.05) is 0 Å². The van der Waals surface area contributed by atoms with E-state index < -0.39 is 18.0 Å².